The highest BCUT2D eigenvalue weighted by molar-refractivity contribution is 5.39. The Balaban J connectivity index is 1.93. The molecule has 0 radical (unpaired) electrons. The van der Waals surface area contributed by atoms with Crippen LogP contribution in [0.15, 0.2) is 36.7 Å². The van der Waals surface area contributed by atoms with Crippen LogP contribution in [-0.4, -0.2) is 16.5 Å². The molecule has 0 amide bonds. The van der Waals surface area contributed by atoms with Gasteiger partial charge in [-0.2, -0.15) is 5.26 Å². The summed E-state index contributed by atoms with van der Waals surface area (Å²) in [5.41, 5.74) is 2.99. The maximum absolute atomic E-state index is 8.73. The van der Waals surface area contributed by atoms with E-state index in [-0.39, 0.29) is 0 Å². The number of aromatic nitrogens is 2. The van der Waals surface area contributed by atoms with E-state index >= 15 is 0 Å². The number of nitriles is 1. The van der Waals surface area contributed by atoms with E-state index in [0.29, 0.717) is 11.5 Å². The fourth-order valence-electron chi connectivity index (χ4n) is 1.73. The van der Waals surface area contributed by atoms with Crippen LogP contribution >= 0.6 is 0 Å². The minimum absolute atomic E-state index is 0.378. The van der Waals surface area contributed by atoms with Crippen molar-refractivity contribution in [3.05, 3.63) is 53.5 Å². The lowest BCUT2D eigenvalue weighted by molar-refractivity contribution is 0.986. The Hall–Kier alpha value is -2.41. The molecule has 4 heteroatoms. The second-order valence-electron chi connectivity index (χ2n) is 4.00. The molecule has 1 N–H and O–H groups in total. The number of benzene rings is 1. The standard InChI is InChI=1S/C14H14N4/c1-11-4-2-3-5-12(11)6-7-16-14-8-13(9-15)17-10-18-14/h2-5,8,10H,6-7H2,1H3,(H,16,17,18). The minimum Gasteiger partial charge on any atom is -0.370 e. The first kappa shape index (κ1) is 12.1. The number of aryl methyl sites for hydroxylation is 1. The molecule has 0 unspecified atom stereocenters. The van der Waals surface area contributed by atoms with E-state index in [0.717, 1.165) is 13.0 Å². The third kappa shape index (κ3) is 3.05. The van der Waals surface area contributed by atoms with Gasteiger partial charge in [0.1, 0.15) is 23.9 Å². The van der Waals surface area contributed by atoms with Crippen molar-refractivity contribution < 1.29 is 0 Å². The molecule has 0 bridgehead atoms. The maximum Gasteiger partial charge on any atom is 0.145 e. The van der Waals surface area contributed by atoms with E-state index in [1.165, 1.54) is 17.5 Å². The van der Waals surface area contributed by atoms with Gasteiger partial charge in [-0.25, -0.2) is 9.97 Å². The molecule has 2 rings (SSSR count). The van der Waals surface area contributed by atoms with Crippen molar-refractivity contribution >= 4 is 5.82 Å². The first-order valence-electron chi connectivity index (χ1n) is 5.80. The van der Waals surface area contributed by atoms with E-state index < -0.39 is 0 Å². The van der Waals surface area contributed by atoms with Crippen LogP contribution in [0.25, 0.3) is 0 Å². The number of hydrogen-bond acceptors (Lipinski definition) is 4. The smallest absolute Gasteiger partial charge is 0.145 e. The quantitative estimate of drug-likeness (QED) is 0.887. The van der Waals surface area contributed by atoms with Gasteiger partial charge in [0.25, 0.3) is 0 Å². The molecule has 4 nitrogen and oxygen atoms in total. The van der Waals surface area contributed by atoms with E-state index in [1.807, 2.05) is 18.2 Å². The highest BCUT2D eigenvalue weighted by Crippen LogP contribution is 2.08. The van der Waals surface area contributed by atoms with Gasteiger partial charge in [-0.3, -0.25) is 0 Å². The van der Waals surface area contributed by atoms with Crippen LogP contribution in [0.2, 0.25) is 0 Å². The number of nitrogens with zero attached hydrogens (tertiary/aromatic N) is 3. The molecule has 0 spiro atoms. The SMILES string of the molecule is Cc1ccccc1CCNc1cc(C#N)ncn1. The lowest BCUT2D eigenvalue weighted by Crippen LogP contribution is -2.07. The van der Waals surface area contributed by atoms with Crippen molar-refractivity contribution in [2.45, 2.75) is 13.3 Å². The van der Waals surface area contributed by atoms with E-state index in [4.69, 9.17) is 5.26 Å². The van der Waals surface area contributed by atoms with E-state index in [9.17, 15) is 0 Å². The molecule has 0 fully saturated rings. The van der Waals surface area contributed by atoms with Crippen LogP contribution in [0, 0.1) is 18.3 Å². The monoisotopic (exact) mass is 238 g/mol. The Kier molecular flexibility index (Phi) is 3.87. The van der Waals surface area contributed by atoms with Crippen molar-refractivity contribution in [3.63, 3.8) is 0 Å². The summed E-state index contributed by atoms with van der Waals surface area (Å²) in [6.07, 6.45) is 2.33. The van der Waals surface area contributed by atoms with Crippen LogP contribution in [0.3, 0.4) is 0 Å². The Bertz CT molecular complexity index is 572. The minimum atomic E-state index is 0.378. The lowest BCUT2D eigenvalue weighted by Gasteiger charge is -2.07. The molecule has 18 heavy (non-hydrogen) atoms. The summed E-state index contributed by atoms with van der Waals surface area (Å²) in [5.74, 6) is 0.690. The van der Waals surface area contributed by atoms with Gasteiger partial charge in [0.05, 0.1) is 0 Å². The number of hydrogen-bond donors (Lipinski definition) is 1. The summed E-state index contributed by atoms with van der Waals surface area (Å²) in [4.78, 5) is 7.89. The van der Waals surface area contributed by atoms with Gasteiger partial charge in [-0.05, 0) is 24.5 Å². The molecule has 0 atom stereocenters. The summed E-state index contributed by atoms with van der Waals surface area (Å²) in [6, 6.07) is 12.0. The van der Waals surface area contributed by atoms with Crippen LogP contribution in [0.4, 0.5) is 5.82 Å². The summed E-state index contributed by atoms with van der Waals surface area (Å²) >= 11 is 0. The predicted molar refractivity (Wildman–Crippen MR) is 70.1 cm³/mol. The Morgan fingerprint density at radius 1 is 1.28 bits per heavy atom. The Labute approximate surface area is 106 Å². The molecule has 0 aliphatic heterocycles. The second kappa shape index (κ2) is 5.78. The zero-order valence-corrected chi connectivity index (χ0v) is 10.2. The molecule has 0 aliphatic rings. The molecule has 1 aromatic carbocycles. The summed E-state index contributed by atoms with van der Waals surface area (Å²) in [5, 5.41) is 11.9. The highest BCUT2D eigenvalue weighted by Gasteiger charge is 1.99. The third-order valence-corrected chi connectivity index (χ3v) is 2.74. The average Bonchev–Trinajstić information content (AvgIpc) is 2.41. The van der Waals surface area contributed by atoms with Crippen LogP contribution < -0.4 is 5.32 Å². The zero-order valence-electron chi connectivity index (χ0n) is 10.2. The fraction of sp³-hybridized carbons (Fsp3) is 0.214. The van der Waals surface area contributed by atoms with Gasteiger partial charge >= 0.3 is 0 Å². The normalized spacial score (nSPS) is 9.78. The van der Waals surface area contributed by atoms with Crippen LogP contribution in [0.5, 0.6) is 0 Å². The van der Waals surface area contributed by atoms with Crippen LogP contribution in [0.1, 0.15) is 16.8 Å². The van der Waals surface area contributed by atoms with Crippen molar-refractivity contribution in [2.75, 3.05) is 11.9 Å². The number of rotatable bonds is 4. The molecular weight excluding hydrogens is 224 g/mol. The molecule has 2 aromatic rings. The van der Waals surface area contributed by atoms with Crippen LogP contribution in [-0.2, 0) is 6.42 Å². The zero-order chi connectivity index (χ0) is 12.8. The van der Waals surface area contributed by atoms with Crippen molar-refractivity contribution in [1.29, 1.82) is 5.26 Å². The van der Waals surface area contributed by atoms with Crippen molar-refractivity contribution in [1.82, 2.24) is 9.97 Å². The molecule has 0 aliphatic carbocycles. The summed E-state index contributed by atoms with van der Waals surface area (Å²) < 4.78 is 0. The molecule has 0 saturated carbocycles. The maximum atomic E-state index is 8.73. The van der Waals surface area contributed by atoms with Crippen molar-refractivity contribution in [2.24, 2.45) is 0 Å². The van der Waals surface area contributed by atoms with Gasteiger partial charge in [-0.15, -0.1) is 0 Å². The molecular formula is C14H14N4. The lowest BCUT2D eigenvalue weighted by atomic mass is 10.1. The van der Waals surface area contributed by atoms with Gasteiger partial charge in [0, 0.05) is 12.6 Å². The van der Waals surface area contributed by atoms with Gasteiger partial charge in [0.15, 0.2) is 0 Å². The molecule has 90 valence electrons. The summed E-state index contributed by atoms with van der Waals surface area (Å²) in [7, 11) is 0. The van der Waals surface area contributed by atoms with Gasteiger partial charge in [0.2, 0.25) is 0 Å². The van der Waals surface area contributed by atoms with E-state index in [2.05, 4.69) is 34.3 Å². The first-order valence-corrected chi connectivity index (χ1v) is 5.80. The third-order valence-electron chi connectivity index (χ3n) is 2.74. The molecule has 0 saturated heterocycles. The van der Waals surface area contributed by atoms with E-state index in [1.54, 1.807) is 6.07 Å². The number of anilines is 1. The highest BCUT2D eigenvalue weighted by atomic mass is 15.0. The van der Waals surface area contributed by atoms with Gasteiger partial charge in [-0.1, -0.05) is 24.3 Å². The topological polar surface area (TPSA) is 61.6 Å². The fourth-order valence-corrected chi connectivity index (χ4v) is 1.73. The average molecular weight is 238 g/mol. The predicted octanol–water partition coefficient (Wildman–Crippen LogP) is 2.31. The Morgan fingerprint density at radius 3 is 2.89 bits per heavy atom. The van der Waals surface area contributed by atoms with Crippen molar-refractivity contribution in [3.8, 4) is 6.07 Å². The van der Waals surface area contributed by atoms with Gasteiger partial charge < -0.3 is 5.32 Å². The number of nitrogens with one attached hydrogen (secondary N) is 1. The summed E-state index contributed by atoms with van der Waals surface area (Å²) in [6.45, 7) is 2.89. The Morgan fingerprint density at radius 2 is 2.11 bits per heavy atom. The second-order valence-corrected chi connectivity index (χ2v) is 4.00. The molecule has 1 aromatic heterocycles. The molecule has 1 heterocycles. The first-order chi connectivity index (χ1) is 8.79. The largest absolute Gasteiger partial charge is 0.370 e.